The number of benzene rings is 1. The molecule has 1 aliphatic rings. The molecule has 1 heterocycles. The van der Waals surface area contributed by atoms with E-state index in [0.29, 0.717) is 10.9 Å². The van der Waals surface area contributed by atoms with Crippen LogP contribution in [0.2, 0.25) is 5.02 Å². The van der Waals surface area contributed by atoms with Gasteiger partial charge in [0.25, 0.3) is 0 Å². The van der Waals surface area contributed by atoms with Crippen LogP contribution in [0.1, 0.15) is 19.3 Å². The second-order valence-electron chi connectivity index (χ2n) is 4.85. The monoisotopic (exact) mass is 268 g/mol. The van der Waals surface area contributed by atoms with E-state index in [4.69, 9.17) is 22.1 Å². The van der Waals surface area contributed by atoms with E-state index in [1.807, 2.05) is 12.1 Å². The van der Waals surface area contributed by atoms with Crippen LogP contribution in [0.4, 0.5) is 5.69 Å². The minimum Gasteiger partial charge on any atom is -0.495 e. The Hall–Kier alpha value is -0.930. The predicted molar refractivity (Wildman–Crippen MR) is 76.6 cm³/mol. The number of rotatable bonds is 4. The Morgan fingerprint density at radius 2 is 2.33 bits per heavy atom. The molecule has 100 valence electrons. The van der Waals surface area contributed by atoms with E-state index >= 15 is 0 Å². The maximum atomic E-state index is 6.17. The lowest BCUT2D eigenvalue weighted by molar-refractivity contribution is 0.395. The van der Waals surface area contributed by atoms with Crippen LogP contribution in [0.15, 0.2) is 18.2 Å². The van der Waals surface area contributed by atoms with Crippen LogP contribution in [-0.4, -0.2) is 26.7 Å². The first kappa shape index (κ1) is 13.5. The quantitative estimate of drug-likeness (QED) is 0.913. The average Bonchev–Trinajstić information content (AvgIpc) is 2.39. The molecule has 1 aliphatic heterocycles. The summed E-state index contributed by atoms with van der Waals surface area (Å²) in [6.07, 6.45) is 3.63. The smallest absolute Gasteiger partial charge is 0.137 e. The second kappa shape index (κ2) is 6.30. The molecule has 2 rings (SSSR count). The van der Waals surface area contributed by atoms with E-state index in [2.05, 4.69) is 11.0 Å². The molecular formula is C14H21ClN2O. The molecule has 1 fully saturated rings. The zero-order chi connectivity index (χ0) is 13.0. The highest BCUT2D eigenvalue weighted by atomic mass is 35.5. The van der Waals surface area contributed by atoms with E-state index in [-0.39, 0.29) is 0 Å². The third kappa shape index (κ3) is 3.09. The van der Waals surface area contributed by atoms with Crippen LogP contribution < -0.4 is 15.4 Å². The number of hydrogen-bond acceptors (Lipinski definition) is 3. The summed E-state index contributed by atoms with van der Waals surface area (Å²) in [4.78, 5) is 2.40. The Balaban J connectivity index is 2.08. The molecular weight excluding hydrogens is 248 g/mol. The first-order chi connectivity index (χ1) is 8.74. The predicted octanol–water partition coefficient (Wildman–Crippen LogP) is 2.91. The first-order valence-electron chi connectivity index (χ1n) is 6.53. The zero-order valence-electron chi connectivity index (χ0n) is 10.9. The first-order valence-corrected chi connectivity index (χ1v) is 6.91. The minimum atomic E-state index is 0.677. The molecule has 0 radical (unpaired) electrons. The molecule has 0 saturated carbocycles. The maximum Gasteiger partial charge on any atom is 0.137 e. The molecule has 2 N–H and O–H groups in total. The Morgan fingerprint density at radius 3 is 3.00 bits per heavy atom. The van der Waals surface area contributed by atoms with Crippen molar-refractivity contribution < 1.29 is 4.74 Å². The molecule has 3 nitrogen and oxygen atoms in total. The summed E-state index contributed by atoms with van der Waals surface area (Å²) in [7, 11) is 1.64. The largest absolute Gasteiger partial charge is 0.495 e. The molecule has 18 heavy (non-hydrogen) atoms. The van der Waals surface area contributed by atoms with E-state index in [1.165, 1.54) is 18.5 Å². The number of anilines is 1. The topological polar surface area (TPSA) is 38.5 Å². The SMILES string of the molecule is COc1ccc(N2CCCC(CCN)C2)cc1Cl. The van der Waals surface area contributed by atoms with Gasteiger partial charge in [0.2, 0.25) is 0 Å². The standard InChI is InChI=1S/C14H21ClN2O/c1-18-14-5-4-12(9-13(14)15)17-8-2-3-11(10-17)6-7-16/h4-5,9,11H,2-3,6-8,10,16H2,1H3. The molecule has 1 aromatic carbocycles. The van der Waals surface area contributed by atoms with Gasteiger partial charge >= 0.3 is 0 Å². The van der Waals surface area contributed by atoms with Crippen LogP contribution in [0.5, 0.6) is 5.75 Å². The Morgan fingerprint density at radius 1 is 1.50 bits per heavy atom. The second-order valence-corrected chi connectivity index (χ2v) is 5.26. The van der Waals surface area contributed by atoms with Crippen molar-refractivity contribution in [3.05, 3.63) is 23.2 Å². The summed E-state index contributed by atoms with van der Waals surface area (Å²) in [6, 6.07) is 6.00. The average molecular weight is 269 g/mol. The van der Waals surface area contributed by atoms with Crippen LogP contribution in [-0.2, 0) is 0 Å². The number of hydrogen-bond donors (Lipinski definition) is 1. The van der Waals surface area contributed by atoms with Gasteiger partial charge in [-0.05, 0) is 49.9 Å². The maximum absolute atomic E-state index is 6.17. The lowest BCUT2D eigenvalue weighted by Gasteiger charge is -2.34. The number of piperidine rings is 1. The summed E-state index contributed by atoms with van der Waals surface area (Å²) in [5.74, 6) is 1.44. The van der Waals surface area contributed by atoms with Gasteiger partial charge in [-0.1, -0.05) is 11.6 Å². The summed E-state index contributed by atoms with van der Waals surface area (Å²) >= 11 is 6.17. The van der Waals surface area contributed by atoms with Gasteiger partial charge in [0.15, 0.2) is 0 Å². The molecule has 0 aliphatic carbocycles. The zero-order valence-corrected chi connectivity index (χ0v) is 11.6. The van der Waals surface area contributed by atoms with Gasteiger partial charge in [0.05, 0.1) is 12.1 Å². The summed E-state index contributed by atoms with van der Waals surface area (Å²) in [6.45, 7) is 2.96. The number of methoxy groups -OCH3 is 1. The Labute approximate surface area is 114 Å². The van der Waals surface area contributed by atoms with Crippen molar-refractivity contribution in [1.82, 2.24) is 0 Å². The highest BCUT2D eigenvalue weighted by Gasteiger charge is 2.20. The van der Waals surface area contributed by atoms with Gasteiger partial charge in [0.1, 0.15) is 5.75 Å². The van der Waals surface area contributed by atoms with Gasteiger partial charge in [-0.2, -0.15) is 0 Å². The van der Waals surface area contributed by atoms with E-state index in [9.17, 15) is 0 Å². The normalized spacial score (nSPS) is 19.9. The molecule has 0 amide bonds. The van der Waals surface area contributed by atoms with Gasteiger partial charge < -0.3 is 15.4 Å². The van der Waals surface area contributed by atoms with Crippen LogP contribution in [0, 0.1) is 5.92 Å². The number of nitrogens with zero attached hydrogens (tertiary/aromatic N) is 1. The highest BCUT2D eigenvalue weighted by molar-refractivity contribution is 6.32. The summed E-state index contributed by atoms with van der Waals surface area (Å²) in [5, 5.41) is 0.677. The van der Waals surface area contributed by atoms with E-state index < -0.39 is 0 Å². The van der Waals surface area contributed by atoms with Crippen molar-refractivity contribution in [3.63, 3.8) is 0 Å². The fourth-order valence-electron chi connectivity index (χ4n) is 2.62. The van der Waals surface area contributed by atoms with Crippen LogP contribution in [0.25, 0.3) is 0 Å². The van der Waals surface area contributed by atoms with Crippen LogP contribution in [0.3, 0.4) is 0 Å². The fourth-order valence-corrected chi connectivity index (χ4v) is 2.87. The summed E-state index contributed by atoms with van der Waals surface area (Å²) < 4.78 is 5.18. The number of ether oxygens (including phenoxy) is 1. The molecule has 0 aromatic heterocycles. The van der Waals surface area contributed by atoms with Gasteiger partial charge in [0, 0.05) is 18.8 Å². The molecule has 0 bridgehead atoms. The van der Waals surface area contributed by atoms with Gasteiger partial charge in [-0.15, -0.1) is 0 Å². The van der Waals surface area contributed by atoms with E-state index in [0.717, 1.165) is 31.8 Å². The lowest BCUT2D eigenvalue weighted by Crippen LogP contribution is -2.36. The van der Waals surface area contributed by atoms with Crippen molar-refractivity contribution in [2.75, 3.05) is 31.6 Å². The van der Waals surface area contributed by atoms with Crippen LogP contribution >= 0.6 is 11.6 Å². The third-order valence-electron chi connectivity index (χ3n) is 3.59. The van der Waals surface area contributed by atoms with Gasteiger partial charge in [-0.25, -0.2) is 0 Å². The number of nitrogens with two attached hydrogens (primary N) is 1. The molecule has 1 saturated heterocycles. The molecule has 0 spiro atoms. The van der Waals surface area contributed by atoms with Crippen molar-refractivity contribution in [2.45, 2.75) is 19.3 Å². The molecule has 1 unspecified atom stereocenters. The highest BCUT2D eigenvalue weighted by Crippen LogP contribution is 2.31. The van der Waals surface area contributed by atoms with E-state index in [1.54, 1.807) is 7.11 Å². The minimum absolute atomic E-state index is 0.677. The Kier molecular flexibility index (Phi) is 4.72. The third-order valence-corrected chi connectivity index (χ3v) is 3.89. The fraction of sp³-hybridized carbons (Fsp3) is 0.571. The van der Waals surface area contributed by atoms with Crippen molar-refractivity contribution in [2.24, 2.45) is 11.7 Å². The van der Waals surface area contributed by atoms with Crippen molar-refractivity contribution in [3.8, 4) is 5.75 Å². The molecule has 1 aromatic rings. The summed E-state index contributed by atoms with van der Waals surface area (Å²) in [5.41, 5.74) is 6.83. The Bertz CT molecular complexity index is 395. The number of halogens is 1. The van der Waals surface area contributed by atoms with Crippen molar-refractivity contribution >= 4 is 17.3 Å². The van der Waals surface area contributed by atoms with Gasteiger partial charge in [-0.3, -0.25) is 0 Å². The lowest BCUT2D eigenvalue weighted by atomic mass is 9.94. The molecule has 4 heteroatoms. The van der Waals surface area contributed by atoms with Crippen molar-refractivity contribution in [1.29, 1.82) is 0 Å². The molecule has 1 atom stereocenters.